The number of amides is 3. The highest BCUT2D eigenvalue weighted by Gasteiger charge is 2.55. The van der Waals surface area contributed by atoms with Crippen molar-refractivity contribution in [1.82, 2.24) is 15.2 Å². The number of ether oxygens (including phenoxy) is 1. The van der Waals surface area contributed by atoms with E-state index in [1.165, 1.54) is 23.5 Å². The summed E-state index contributed by atoms with van der Waals surface area (Å²) in [5.74, 6) is -3.39. The number of alkyl halides is 2. The number of benzene rings is 1. The minimum atomic E-state index is -2.83. The molecule has 3 amide bonds. The second-order valence-electron chi connectivity index (χ2n) is 7.11. The first-order valence-corrected chi connectivity index (χ1v) is 9.89. The minimum Gasteiger partial charge on any atom is -0.431 e. The smallest absolute Gasteiger partial charge is 0.325 e. The molecule has 1 aliphatic heterocycles. The van der Waals surface area contributed by atoms with Crippen LogP contribution in [0.3, 0.4) is 0 Å². The Labute approximate surface area is 168 Å². The van der Waals surface area contributed by atoms with E-state index in [0.29, 0.717) is 16.5 Å². The third-order valence-electron chi connectivity index (χ3n) is 5.17. The van der Waals surface area contributed by atoms with Gasteiger partial charge in [-0.2, -0.15) is 0 Å². The number of urea groups is 1. The first kappa shape index (κ1) is 19.4. The number of rotatable bonds is 5. The number of nitrogens with zero attached hydrogens (tertiary/aromatic N) is 2. The maximum Gasteiger partial charge on any atom is 0.325 e. The molecule has 1 saturated heterocycles. The minimum absolute atomic E-state index is 0.141. The summed E-state index contributed by atoms with van der Waals surface area (Å²) in [5, 5.41) is 4.76. The lowest BCUT2D eigenvalue weighted by Crippen LogP contribution is -2.51. The van der Waals surface area contributed by atoms with Gasteiger partial charge < -0.3 is 10.1 Å². The molecule has 1 aliphatic carbocycles. The Kier molecular flexibility index (Phi) is 4.81. The number of carbonyl (C=O) groups excluding carboxylic acids is 3. The van der Waals surface area contributed by atoms with Crippen molar-refractivity contribution >= 4 is 29.1 Å². The van der Waals surface area contributed by atoms with Crippen LogP contribution in [0.15, 0.2) is 35.8 Å². The lowest BCUT2D eigenvalue weighted by atomic mass is 9.80. The topological polar surface area (TPSA) is 88.6 Å². The summed E-state index contributed by atoms with van der Waals surface area (Å²) in [5.41, 5.74) is -1.03. The van der Waals surface area contributed by atoms with Crippen LogP contribution in [0.2, 0.25) is 0 Å². The molecule has 29 heavy (non-hydrogen) atoms. The van der Waals surface area contributed by atoms with Crippen LogP contribution in [-0.4, -0.2) is 45.6 Å². The predicted molar refractivity (Wildman–Crippen MR) is 99.4 cm³/mol. The van der Waals surface area contributed by atoms with Gasteiger partial charge in [0.1, 0.15) is 11.3 Å². The summed E-state index contributed by atoms with van der Waals surface area (Å²) in [6, 6.07) is 5.51. The molecule has 2 fully saturated rings. The number of ketones is 1. The van der Waals surface area contributed by atoms with E-state index in [2.05, 4.69) is 10.3 Å². The number of carbonyl (C=O) groups is 3. The van der Waals surface area contributed by atoms with E-state index in [0.717, 1.165) is 4.90 Å². The largest absolute Gasteiger partial charge is 0.431 e. The maximum absolute atomic E-state index is 13.4. The molecule has 2 aliphatic rings. The molecule has 2 heterocycles. The van der Waals surface area contributed by atoms with E-state index in [1.54, 1.807) is 23.7 Å². The fraction of sp³-hybridized carbons (Fsp3) is 0.368. The zero-order valence-electron chi connectivity index (χ0n) is 15.2. The average molecular weight is 421 g/mol. The highest BCUT2D eigenvalue weighted by atomic mass is 32.1. The Morgan fingerprint density at radius 1 is 1.17 bits per heavy atom. The van der Waals surface area contributed by atoms with Crippen LogP contribution >= 0.6 is 11.3 Å². The van der Waals surface area contributed by atoms with Crippen LogP contribution in [0.1, 0.15) is 36.0 Å². The second kappa shape index (κ2) is 7.18. The maximum atomic E-state index is 13.4. The van der Waals surface area contributed by atoms with Gasteiger partial charge in [0, 0.05) is 30.0 Å². The van der Waals surface area contributed by atoms with E-state index in [1.807, 2.05) is 0 Å². The van der Waals surface area contributed by atoms with Crippen molar-refractivity contribution in [1.29, 1.82) is 0 Å². The molecule has 4 rings (SSSR count). The van der Waals surface area contributed by atoms with Crippen LogP contribution in [0.4, 0.5) is 13.6 Å². The fourth-order valence-corrected chi connectivity index (χ4v) is 4.01. The van der Waals surface area contributed by atoms with Crippen molar-refractivity contribution in [2.75, 3.05) is 6.54 Å². The predicted octanol–water partition coefficient (Wildman–Crippen LogP) is 3.62. The third-order valence-corrected chi connectivity index (χ3v) is 5.82. The number of thiazole rings is 1. The molecule has 1 aromatic carbocycles. The molecule has 1 N–H and O–H groups in total. The van der Waals surface area contributed by atoms with Crippen LogP contribution in [0.25, 0.3) is 0 Å². The molecule has 0 atom stereocenters. The van der Waals surface area contributed by atoms with Gasteiger partial charge in [-0.3, -0.25) is 14.5 Å². The van der Waals surface area contributed by atoms with Gasteiger partial charge in [-0.1, -0.05) is 11.3 Å². The zero-order valence-corrected chi connectivity index (χ0v) is 16.0. The molecule has 1 aromatic heterocycles. The first-order valence-electron chi connectivity index (χ1n) is 9.01. The molecule has 7 nitrogen and oxygen atoms in total. The first-order chi connectivity index (χ1) is 13.8. The Bertz CT molecular complexity index is 937. The quantitative estimate of drug-likeness (QED) is 0.589. The van der Waals surface area contributed by atoms with Gasteiger partial charge in [0.15, 0.2) is 5.78 Å². The van der Waals surface area contributed by atoms with Gasteiger partial charge in [0.2, 0.25) is 5.92 Å². The van der Waals surface area contributed by atoms with E-state index < -0.39 is 48.6 Å². The molecule has 0 radical (unpaired) electrons. The summed E-state index contributed by atoms with van der Waals surface area (Å²) in [7, 11) is 0. The number of hydrogen-bond donors (Lipinski definition) is 1. The van der Waals surface area contributed by atoms with Crippen molar-refractivity contribution in [3.8, 4) is 10.9 Å². The van der Waals surface area contributed by atoms with Crippen molar-refractivity contribution in [3.05, 3.63) is 41.4 Å². The Morgan fingerprint density at radius 2 is 1.86 bits per heavy atom. The van der Waals surface area contributed by atoms with Crippen molar-refractivity contribution in [3.63, 3.8) is 0 Å². The molecule has 1 saturated carbocycles. The molecule has 10 heteroatoms. The zero-order chi connectivity index (χ0) is 20.6. The van der Waals surface area contributed by atoms with Gasteiger partial charge in [0.25, 0.3) is 11.1 Å². The van der Waals surface area contributed by atoms with Crippen LogP contribution in [-0.2, 0) is 4.79 Å². The molecule has 2 aromatic rings. The van der Waals surface area contributed by atoms with Gasteiger partial charge in [-0.05, 0) is 37.1 Å². The number of hydrogen-bond acceptors (Lipinski definition) is 6. The van der Waals surface area contributed by atoms with Gasteiger partial charge in [0.05, 0.1) is 6.54 Å². The Balaban J connectivity index is 1.41. The summed E-state index contributed by atoms with van der Waals surface area (Å²) >= 11 is 1.32. The molecule has 0 bridgehead atoms. The monoisotopic (exact) mass is 421 g/mol. The van der Waals surface area contributed by atoms with Crippen molar-refractivity contribution < 1.29 is 27.9 Å². The Hall–Kier alpha value is -2.88. The van der Waals surface area contributed by atoms with Crippen LogP contribution in [0.5, 0.6) is 10.9 Å². The number of aromatic nitrogens is 1. The Morgan fingerprint density at radius 3 is 2.48 bits per heavy atom. The second-order valence-corrected chi connectivity index (χ2v) is 7.96. The van der Waals surface area contributed by atoms with Crippen LogP contribution in [0, 0.1) is 0 Å². The van der Waals surface area contributed by atoms with Gasteiger partial charge >= 0.3 is 6.03 Å². The fourth-order valence-electron chi connectivity index (χ4n) is 3.51. The SMILES string of the molecule is O=C(CN1C(=O)NC2(CCC(F)(F)CC2)C1=O)c1ccc(Oc2nccs2)cc1. The van der Waals surface area contributed by atoms with Crippen molar-refractivity contribution in [2.45, 2.75) is 37.1 Å². The number of nitrogens with one attached hydrogen (secondary N) is 1. The molecule has 152 valence electrons. The lowest BCUT2D eigenvalue weighted by Gasteiger charge is -2.34. The van der Waals surface area contributed by atoms with E-state index in [9.17, 15) is 23.2 Å². The summed E-state index contributed by atoms with van der Waals surface area (Å²) < 4.78 is 32.4. The van der Waals surface area contributed by atoms with Crippen molar-refractivity contribution in [2.24, 2.45) is 0 Å². The number of imide groups is 1. The van der Waals surface area contributed by atoms with E-state index in [4.69, 9.17) is 4.74 Å². The third kappa shape index (κ3) is 3.84. The van der Waals surface area contributed by atoms with E-state index >= 15 is 0 Å². The number of Topliss-reactive ketones (excluding diaryl/α,β-unsaturated/α-hetero) is 1. The summed E-state index contributed by atoms with van der Waals surface area (Å²) in [6.45, 7) is -0.449. The molecule has 0 unspecified atom stereocenters. The highest BCUT2D eigenvalue weighted by molar-refractivity contribution is 7.11. The van der Waals surface area contributed by atoms with Gasteiger partial charge in [-0.15, -0.1) is 0 Å². The van der Waals surface area contributed by atoms with Gasteiger partial charge in [-0.25, -0.2) is 18.6 Å². The van der Waals surface area contributed by atoms with E-state index in [-0.39, 0.29) is 12.8 Å². The average Bonchev–Trinajstić information content (AvgIpc) is 3.28. The standard InChI is InChI=1S/C19H17F2N3O4S/c20-19(21)7-5-18(6-8-19)15(26)24(16(27)23-18)11-14(25)12-1-3-13(4-2-12)28-17-22-9-10-29-17/h1-4,9-10H,5-8,11H2,(H,23,27). The molecule has 1 spiro atoms. The lowest BCUT2D eigenvalue weighted by molar-refractivity contribution is -0.135. The molecular weight excluding hydrogens is 404 g/mol. The van der Waals surface area contributed by atoms with Crippen LogP contribution < -0.4 is 10.1 Å². The molecular formula is C19H17F2N3O4S. The summed E-state index contributed by atoms with van der Waals surface area (Å²) in [6.07, 6.45) is 0.384. The summed E-state index contributed by atoms with van der Waals surface area (Å²) in [4.78, 5) is 42.3. The normalized spacial score (nSPS) is 20.0. The number of halogens is 2. The highest BCUT2D eigenvalue weighted by Crippen LogP contribution is 2.41.